The van der Waals surface area contributed by atoms with Gasteiger partial charge < -0.3 is 10.4 Å². The van der Waals surface area contributed by atoms with Gasteiger partial charge in [0.05, 0.1) is 17.1 Å². The van der Waals surface area contributed by atoms with Crippen LogP contribution in [0.25, 0.3) is 0 Å². The molecule has 0 radical (unpaired) electrons. The molecule has 1 aromatic carbocycles. The quantitative estimate of drug-likeness (QED) is 0.641. The third kappa shape index (κ3) is 2.23. The van der Waals surface area contributed by atoms with Gasteiger partial charge in [0.15, 0.2) is 0 Å². The fraction of sp³-hybridized carbons (Fsp3) is 0.286. The summed E-state index contributed by atoms with van der Waals surface area (Å²) >= 11 is 0. The molecule has 0 spiro atoms. The van der Waals surface area contributed by atoms with E-state index >= 15 is 0 Å². The number of amides is 1. The second-order valence-corrected chi connectivity index (χ2v) is 5.18. The number of carbonyl (C=O) groups excluding carboxylic acids is 1. The summed E-state index contributed by atoms with van der Waals surface area (Å²) < 4.78 is 1.15. The molecule has 2 atom stereocenters. The molecule has 2 aromatic rings. The zero-order chi connectivity index (χ0) is 15.9. The van der Waals surface area contributed by atoms with Crippen LogP contribution in [0.5, 0.6) is 0 Å². The molecule has 1 aliphatic carbocycles. The monoisotopic (exact) mass is 302 g/mol. The first-order chi connectivity index (χ1) is 10.5. The van der Waals surface area contributed by atoms with Crippen molar-refractivity contribution in [1.82, 2.24) is 15.1 Å². The van der Waals surface area contributed by atoms with E-state index < -0.39 is 23.0 Å². The molecule has 8 nitrogen and oxygen atoms in total. The van der Waals surface area contributed by atoms with Crippen LogP contribution in [0.15, 0.2) is 30.5 Å². The summed E-state index contributed by atoms with van der Waals surface area (Å²) in [7, 11) is 1.46. The Bertz CT molecular complexity index is 755. The van der Waals surface area contributed by atoms with Crippen LogP contribution in [0.4, 0.5) is 5.69 Å². The van der Waals surface area contributed by atoms with Gasteiger partial charge in [-0.2, -0.15) is 5.10 Å². The summed E-state index contributed by atoms with van der Waals surface area (Å²) in [6, 6.07) is 6.81. The van der Waals surface area contributed by atoms with Crippen LogP contribution in [-0.4, -0.2) is 31.8 Å². The minimum absolute atomic E-state index is 0.137. The van der Waals surface area contributed by atoms with E-state index in [1.807, 2.05) is 24.3 Å². The highest BCUT2D eigenvalue weighted by Crippen LogP contribution is 2.31. The van der Waals surface area contributed by atoms with Crippen molar-refractivity contribution in [2.24, 2.45) is 7.05 Å². The van der Waals surface area contributed by atoms with Crippen molar-refractivity contribution in [3.63, 3.8) is 0 Å². The molecule has 114 valence electrons. The number of hydrogen-bond acceptors (Lipinski definition) is 5. The summed E-state index contributed by atoms with van der Waals surface area (Å²) in [4.78, 5) is 22.7. The molecule has 8 heteroatoms. The van der Waals surface area contributed by atoms with Crippen molar-refractivity contribution < 1.29 is 14.8 Å². The number of nitro groups is 1. The standard InChI is InChI=1S/C14H14N4O4/c1-17-13(10(7-15-17)18(21)22)14(20)16-12-9-5-3-2-4-8(9)6-11(12)19/h2-5,7,11-12,19H,6H2,1H3,(H,16,20)/t11-,12+/m1/s1. The van der Waals surface area contributed by atoms with Crippen molar-refractivity contribution in [2.75, 3.05) is 0 Å². The lowest BCUT2D eigenvalue weighted by molar-refractivity contribution is -0.385. The molecular weight excluding hydrogens is 288 g/mol. The van der Waals surface area contributed by atoms with Gasteiger partial charge in [0.2, 0.25) is 5.69 Å². The molecule has 22 heavy (non-hydrogen) atoms. The average Bonchev–Trinajstić information content (AvgIpc) is 3.00. The van der Waals surface area contributed by atoms with Crippen LogP contribution >= 0.6 is 0 Å². The van der Waals surface area contributed by atoms with E-state index in [4.69, 9.17) is 0 Å². The van der Waals surface area contributed by atoms with Crippen molar-refractivity contribution >= 4 is 11.6 Å². The molecule has 0 saturated heterocycles. The second kappa shape index (κ2) is 5.23. The van der Waals surface area contributed by atoms with Gasteiger partial charge in [-0.3, -0.25) is 19.6 Å². The Morgan fingerprint density at radius 1 is 1.50 bits per heavy atom. The first-order valence-corrected chi connectivity index (χ1v) is 6.72. The lowest BCUT2D eigenvalue weighted by Crippen LogP contribution is -2.35. The fourth-order valence-electron chi connectivity index (χ4n) is 2.78. The van der Waals surface area contributed by atoms with Crippen LogP contribution < -0.4 is 5.32 Å². The molecule has 1 aromatic heterocycles. The van der Waals surface area contributed by atoms with Crippen LogP contribution in [0.1, 0.15) is 27.7 Å². The van der Waals surface area contributed by atoms with Gasteiger partial charge in [0.1, 0.15) is 6.20 Å². The lowest BCUT2D eigenvalue weighted by atomic mass is 10.1. The van der Waals surface area contributed by atoms with Crippen molar-refractivity contribution in [2.45, 2.75) is 18.6 Å². The summed E-state index contributed by atoms with van der Waals surface area (Å²) in [5.41, 5.74) is 1.29. The van der Waals surface area contributed by atoms with Crippen molar-refractivity contribution in [1.29, 1.82) is 0 Å². The Balaban J connectivity index is 1.90. The number of aliphatic hydroxyl groups excluding tert-OH is 1. The molecule has 2 N–H and O–H groups in total. The first-order valence-electron chi connectivity index (χ1n) is 6.72. The number of aryl methyl sites for hydroxylation is 1. The second-order valence-electron chi connectivity index (χ2n) is 5.18. The normalized spacial score (nSPS) is 19.7. The molecule has 0 aliphatic heterocycles. The number of nitrogens with one attached hydrogen (secondary N) is 1. The Morgan fingerprint density at radius 2 is 2.23 bits per heavy atom. The van der Waals surface area contributed by atoms with Crippen LogP contribution in [-0.2, 0) is 13.5 Å². The van der Waals surface area contributed by atoms with E-state index in [9.17, 15) is 20.0 Å². The molecule has 1 heterocycles. The largest absolute Gasteiger partial charge is 0.390 e. The number of aromatic nitrogens is 2. The summed E-state index contributed by atoms with van der Waals surface area (Å²) in [6.45, 7) is 0. The molecule has 3 rings (SSSR count). The summed E-state index contributed by atoms with van der Waals surface area (Å²) in [6.07, 6.45) is 0.719. The molecule has 0 bridgehead atoms. The maximum Gasteiger partial charge on any atom is 0.320 e. The number of rotatable bonds is 3. The summed E-state index contributed by atoms with van der Waals surface area (Å²) in [5.74, 6) is -0.632. The Labute approximate surface area is 125 Å². The van der Waals surface area contributed by atoms with Gasteiger partial charge in [-0.1, -0.05) is 24.3 Å². The highest BCUT2D eigenvalue weighted by atomic mass is 16.6. The number of nitrogens with zero attached hydrogens (tertiary/aromatic N) is 3. The van der Waals surface area contributed by atoms with Crippen molar-refractivity contribution in [3.8, 4) is 0 Å². The van der Waals surface area contributed by atoms with E-state index in [0.29, 0.717) is 6.42 Å². The van der Waals surface area contributed by atoms with E-state index in [2.05, 4.69) is 10.4 Å². The van der Waals surface area contributed by atoms with Crippen molar-refractivity contribution in [3.05, 3.63) is 57.4 Å². The van der Waals surface area contributed by atoms with Crippen LogP contribution in [0.2, 0.25) is 0 Å². The Hall–Kier alpha value is -2.74. The van der Waals surface area contributed by atoms with Gasteiger partial charge in [0.25, 0.3) is 5.91 Å². The topological polar surface area (TPSA) is 110 Å². The molecular formula is C14H14N4O4. The van der Waals surface area contributed by atoms with Gasteiger partial charge in [-0.15, -0.1) is 0 Å². The fourth-order valence-corrected chi connectivity index (χ4v) is 2.78. The zero-order valence-corrected chi connectivity index (χ0v) is 11.8. The van der Waals surface area contributed by atoms with Crippen LogP contribution in [0.3, 0.4) is 0 Å². The SMILES string of the molecule is Cn1ncc([N+](=O)[O-])c1C(=O)N[C@H]1c2ccccc2C[C@H]1O. The third-order valence-corrected chi connectivity index (χ3v) is 3.82. The third-order valence-electron chi connectivity index (χ3n) is 3.82. The van der Waals surface area contributed by atoms with E-state index in [0.717, 1.165) is 22.0 Å². The average molecular weight is 302 g/mol. The maximum absolute atomic E-state index is 12.4. The minimum atomic E-state index is -0.756. The van der Waals surface area contributed by atoms with E-state index in [1.54, 1.807) is 0 Å². The lowest BCUT2D eigenvalue weighted by Gasteiger charge is -2.17. The van der Waals surface area contributed by atoms with Gasteiger partial charge in [-0.25, -0.2) is 0 Å². The zero-order valence-electron chi connectivity index (χ0n) is 11.8. The summed E-state index contributed by atoms with van der Waals surface area (Å²) in [5, 5.41) is 27.5. The smallest absolute Gasteiger partial charge is 0.320 e. The highest BCUT2D eigenvalue weighted by Gasteiger charge is 2.34. The number of hydrogen-bond donors (Lipinski definition) is 2. The van der Waals surface area contributed by atoms with E-state index in [1.165, 1.54) is 7.05 Å². The number of carbonyl (C=O) groups is 1. The molecule has 1 aliphatic rings. The number of fused-ring (bicyclic) bond motifs is 1. The molecule has 0 fully saturated rings. The number of aliphatic hydroxyl groups is 1. The van der Waals surface area contributed by atoms with Gasteiger partial charge >= 0.3 is 5.69 Å². The Kier molecular flexibility index (Phi) is 3.38. The first kappa shape index (κ1) is 14.2. The highest BCUT2D eigenvalue weighted by molar-refractivity contribution is 5.96. The molecule has 0 saturated carbocycles. The molecule has 0 unspecified atom stereocenters. The van der Waals surface area contributed by atoms with Crippen LogP contribution in [0, 0.1) is 10.1 Å². The maximum atomic E-state index is 12.4. The predicted octanol–water partition coefficient (Wildman–Crippen LogP) is 0.716. The predicted molar refractivity (Wildman–Crippen MR) is 76.2 cm³/mol. The van der Waals surface area contributed by atoms with Gasteiger partial charge in [-0.05, 0) is 11.1 Å². The Morgan fingerprint density at radius 3 is 2.95 bits per heavy atom. The van der Waals surface area contributed by atoms with Gasteiger partial charge in [0, 0.05) is 13.5 Å². The van der Waals surface area contributed by atoms with E-state index in [-0.39, 0.29) is 11.4 Å². The molecule has 1 amide bonds. The number of benzene rings is 1. The minimum Gasteiger partial charge on any atom is -0.390 e.